The Kier molecular flexibility index (Phi) is 5.45. The smallest absolute Gasteiger partial charge is 0.240 e. The molecule has 0 unspecified atom stereocenters. The summed E-state index contributed by atoms with van der Waals surface area (Å²) >= 11 is 11.9. The first-order chi connectivity index (χ1) is 9.97. The van der Waals surface area contributed by atoms with Gasteiger partial charge in [0.2, 0.25) is 11.8 Å². The molecular formula is C14H16Cl2N2O3. The van der Waals surface area contributed by atoms with E-state index in [0.29, 0.717) is 35.2 Å². The fourth-order valence-electron chi connectivity index (χ4n) is 2.16. The maximum absolute atomic E-state index is 12.0. The molecule has 2 amide bonds. The maximum Gasteiger partial charge on any atom is 0.240 e. The highest BCUT2D eigenvalue weighted by Gasteiger charge is 2.27. The molecule has 1 fully saturated rings. The van der Waals surface area contributed by atoms with Crippen LogP contribution in [0.5, 0.6) is 0 Å². The largest absolute Gasteiger partial charge is 0.381 e. The van der Waals surface area contributed by atoms with E-state index in [0.717, 1.165) is 0 Å². The molecule has 5 nitrogen and oxygen atoms in total. The highest BCUT2D eigenvalue weighted by atomic mass is 35.5. The zero-order valence-electron chi connectivity index (χ0n) is 11.3. The van der Waals surface area contributed by atoms with Crippen molar-refractivity contribution in [3.8, 4) is 0 Å². The van der Waals surface area contributed by atoms with Crippen LogP contribution in [0.25, 0.3) is 0 Å². The van der Waals surface area contributed by atoms with Gasteiger partial charge in [0.1, 0.15) is 6.04 Å². The van der Waals surface area contributed by atoms with Gasteiger partial charge in [-0.3, -0.25) is 9.59 Å². The second-order valence-electron chi connectivity index (χ2n) is 4.96. The van der Waals surface area contributed by atoms with Crippen molar-refractivity contribution in [1.82, 2.24) is 5.32 Å². The molecule has 0 aliphatic carbocycles. The summed E-state index contributed by atoms with van der Waals surface area (Å²) in [5.74, 6) is -1.05. The van der Waals surface area contributed by atoms with Crippen LogP contribution in [0.1, 0.15) is 12.0 Å². The van der Waals surface area contributed by atoms with Crippen molar-refractivity contribution in [1.29, 1.82) is 0 Å². The predicted octanol–water partition coefficient (Wildman–Crippen LogP) is 1.54. The van der Waals surface area contributed by atoms with Crippen LogP contribution in [-0.4, -0.2) is 31.1 Å². The Hall–Kier alpha value is -1.30. The summed E-state index contributed by atoms with van der Waals surface area (Å²) in [5.41, 5.74) is 6.06. The van der Waals surface area contributed by atoms with E-state index in [2.05, 4.69) is 5.32 Å². The van der Waals surface area contributed by atoms with E-state index >= 15 is 0 Å². The number of ether oxygens (including phenoxy) is 1. The summed E-state index contributed by atoms with van der Waals surface area (Å²) in [4.78, 5) is 23.6. The van der Waals surface area contributed by atoms with Gasteiger partial charge in [-0.15, -0.1) is 0 Å². The van der Waals surface area contributed by atoms with Gasteiger partial charge < -0.3 is 15.8 Å². The molecule has 0 aromatic heterocycles. The van der Waals surface area contributed by atoms with Crippen LogP contribution in [0, 0.1) is 5.92 Å². The Balaban J connectivity index is 2.04. The first-order valence-electron chi connectivity index (χ1n) is 6.58. The molecule has 0 radical (unpaired) electrons. The molecular weight excluding hydrogens is 315 g/mol. The molecule has 1 aromatic rings. The molecule has 0 bridgehead atoms. The molecule has 21 heavy (non-hydrogen) atoms. The number of carbonyl (C=O) groups is 2. The molecule has 1 aromatic carbocycles. The Morgan fingerprint density at radius 2 is 2.19 bits per heavy atom. The van der Waals surface area contributed by atoms with Crippen LogP contribution in [0.4, 0.5) is 0 Å². The lowest BCUT2D eigenvalue weighted by atomic mass is 10.0. The molecule has 1 saturated heterocycles. The minimum Gasteiger partial charge on any atom is -0.381 e. The van der Waals surface area contributed by atoms with Crippen molar-refractivity contribution >= 4 is 35.0 Å². The van der Waals surface area contributed by atoms with Crippen molar-refractivity contribution in [3.05, 3.63) is 33.8 Å². The van der Waals surface area contributed by atoms with Gasteiger partial charge in [-0.25, -0.2) is 0 Å². The highest BCUT2D eigenvalue weighted by molar-refractivity contribution is 6.35. The molecule has 1 heterocycles. The number of benzene rings is 1. The molecule has 0 spiro atoms. The van der Waals surface area contributed by atoms with Crippen LogP contribution in [0.3, 0.4) is 0 Å². The van der Waals surface area contributed by atoms with E-state index in [1.54, 1.807) is 18.2 Å². The third-order valence-corrected chi connectivity index (χ3v) is 3.99. The van der Waals surface area contributed by atoms with Gasteiger partial charge in [0.05, 0.1) is 12.5 Å². The number of hydrogen-bond acceptors (Lipinski definition) is 3. The van der Waals surface area contributed by atoms with Gasteiger partial charge in [0.15, 0.2) is 0 Å². The number of rotatable bonds is 5. The third kappa shape index (κ3) is 4.33. The summed E-state index contributed by atoms with van der Waals surface area (Å²) in [6.45, 7) is 0.932. The van der Waals surface area contributed by atoms with E-state index in [1.165, 1.54) is 0 Å². The standard InChI is InChI=1S/C14H16Cl2N2O3/c15-10-2-1-8(11(16)6-10)5-12(13(17)19)18-14(20)9-3-4-21-7-9/h1-2,6,9,12H,3-5,7H2,(H2,17,19)(H,18,20)/t9-,12+/m1/s1. The molecule has 7 heteroatoms. The average Bonchev–Trinajstić information content (AvgIpc) is 2.94. The topological polar surface area (TPSA) is 81.4 Å². The number of hydrogen-bond donors (Lipinski definition) is 2. The van der Waals surface area contributed by atoms with Crippen molar-refractivity contribution in [2.24, 2.45) is 11.7 Å². The number of amides is 2. The second kappa shape index (κ2) is 7.11. The lowest BCUT2D eigenvalue weighted by Gasteiger charge is -2.18. The summed E-state index contributed by atoms with van der Waals surface area (Å²) in [6.07, 6.45) is 0.879. The monoisotopic (exact) mass is 330 g/mol. The number of primary amides is 1. The number of halogens is 2. The third-order valence-electron chi connectivity index (χ3n) is 3.40. The van der Waals surface area contributed by atoms with Gasteiger partial charge >= 0.3 is 0 Å². The van der Waals surface area contributed by atoms with Crippen molar-refractivity contribution in [2.75, 3.05) is 13.2 Å². The van der Waals surface area contributed by atoms with Crippen molar-refractivity contribution < 1.29 is 14.3 Å². The summed E-state index contributed by atoms with van der Waals surface area (Å²) in [6, 6.07) is 4.17. The summed E-state index contributed by atoms with van der Waals surface area (Å²) in [7, 11) is 0. The quantitative estimate of drug-likeness (QED) is 0.859. The van der Waals surface area contributed by atoms with Gasteiger partial charge in [0, 0.05) is 23.1 Å². The Labute approximate surface area is 132 Å². The maximum atomic E-state index is 12.0. The van der Waals surface area contributed by atoms with Crippen LogP contribution in [0.15, 0.2) is 18.2 Å². The van der Waals surface area contributed by atoms with Gasteiger partial charge in [-0.2, -0.15) is 0 Å². The van der Waals surface area contributed by atoms with Crippen LogP contribution in [-0.2, 0) is 20.7 Å². The predicted molar refractivity (Wildman–Crippen MR) is 80.2 cm³/mol. The summed E-state index contributed by atoms with van der Waals surface area (Å²) in [5, 5.41) is 3.61. The average molecular weight is 331 g/mol. The first kappa shape index (κ1) is 16.1. The first-order valence-corrected chi connectivity index (χ1v) is 7.34. The minimum atomic E-state index is -0.809. The molecule has 0 saturated carbocycles. The Bertz CT molecular complexity index is 545. The van der Waals surface area contributed by atoms with Gasteiger partial charge in [-0.05, 0) is 24.1 Å². The van der Waals surface area contributed by atoms with Crippen LogP contribution in [0.2, 0.25) is 10.0 Å². The van der Waals surface area contributed by atoms with E-state index in [4.69, 9.17) is 33.7 Å². The fraction of sp³-hybridized carbons (Fsp3) is 0.429. The molecule has 2 rings (SSSR count). The number of carbonyl (C=O) groups excluding carboxylic acids is 2. The molecule has 114 valence electrons. The molecule has 1 aliphatic heterocycles. The normalized spacial score (nSPS) is 19.2. The number of nitrogens with one attached hydrogen (secondary N) is 1. The SMILES string of the molecule is NC(=O)[C@H](Cc1ccc(Cl)cc1Cl)NC(=O)[C@@H]1CCOC1. The second-order valence-corrected chi connectivity index (χ2v) is 5.81. The fourth-order valence-corrected chi connectivity index (χ4v) is 2.65. The lowest BCUT2D eigenvalue weighted by molar-refractivity contribution is -0.129. The Morgan fingerprint density at radius 3 is 2.76 bits per heavy atom. The molecule has 1 aliphatic rings. The summed E-state index contributed by atoms with van der Waals surface area (Å²) < 4.78 is 5.16. The van der Waals surface area contributed by atoms with Crippen molar-refractivity contribution in [2.45, 2.75) is 18.9 Å². The Morgan fingerprint density at radius 1 is 1.43 bits per heavy atom. The number of nitrogens with two attached hydrogens (primary N) is 1. The highest BCUT2D eigenvalue weighted by Crippen LogP contribution is 2.22. The van der Waals surface area contributed by atoms with E-state index in [1.807, 2.05) is 0 Å². The van der Waals surface area contributed by atoms with E-state index < -0.39 is 11.9 Å². The zero-order chi connectivity index (χ0) is 15.4. The van der Waals surface area contributed by atoms with Gasteiger partial charge in [0.25, 0.3) is 0 Å². The van der Waals surface area contributed by atoms with Crippen LogP contribution >= 0.6 is 23.2 Å². The zero-order valence-corrected chi connectivity index (χ0v) is 12.8. The minimum absolute atomic E-state index is 0.221. The van der Waals surface area contributed by atoms with Crippen LogP contribution < -0.4 is 11.1 Å². The lowest BCUT2D eigenvalue weighted by Crippen LogP contribution is -2.48. The van der Waals surface area contributed by atoms with Crippen molar-refractivity contribution in [3.63, 3.8) is 0 Å². The molecule has 2 atom stereocenters. The van der Waals surface area contributed by atoms with E-state index in [-0.39, 0.29) is 18.2 Å². The molecule has 3 N–H and O–H groups in total. The van der Waals surface area contributed by atoms with E-state index in [9.17, 15) is 9.59 Å². The van der Waals surface area contributed by atoms with Gasteiger partial charge in [-0.1, -0.05) is 29.3 Å².